The number of anilines is 3. The van der Waals surface area contributed by atoms with E-state index in [0.29, 0.717) is 23.8 Å². The van der Waals surface area contributed by atoms with Gasteiger partial charge in [0.25, 0.3) is 0 Å². The Hall–Kier alpha value is -3.11. The molecule has 1 aliphatic carbocycles. The van der Waals surface area contributed by atoms with Crippen molar-refractivity contribution in [3.05, 3.63) is 60.8 Å². The first-order valence-electron chi connectivity index (χ1n) is 11.2. The van der Waals surface area contributed by atoms with Crippen LogP contribution in [0, 0.1) is 5.92 Å². The first-order chi connectivity index (χ1) is 16.3. The molecule has 2 heterocycles. The lowest BCUT2D eigenvalue weighted by Crippen LogP contribution is -2.40. The summed E-state index contributed by atoms with van der Waals surface area (Å²) < 4.78 is 1.05. The first kappa shape index (κ1) is 22.7. The molecule has 5 N–H and O–H groups in total. The van der Waals surface area contributed by atoms with Crippen molar-refractivity contribution < 1.29 is 15.3 Å². The van der Waals surface area contributed by atoms with Gasteiger partial charge >= 0.3 is 0 Å². The van der Waals surface area contributed by atoms with Crippen LogP contribution < -0.4 is 10.6 Å². The van der Waals surface area contributed by atoms with Crippen molar-refractivity contribution in [3.8, 4) is 10.6 Å². The van der Waals surface area contributed by atoms with Crippen LogP contribution in [0.3, 0.4) is 0 Å². The van der Waals surface area contributed by atoms with Crippen LogP contribution in [0.1, 0.15) is 20.3 Å². The second kappa shape index (κ2) is 8.92. The number of fused-ring (bicyclic) bond motifs is 1. The van der Waals surface area contributed by atoms with Gasteiger partial charge in [-0.3, -0.25) is 0 Å². The maximum atomic E-state index is 10.7. The molecule has 1 saturated carbocycles. The maximum absolute atomic E-state index is 10.7. The molecule has 1 aliphatic rings. The number of rotatable bonds is 6. The van der Waals surface area contributed by atoms with E-state index in [2.05, 4.69) is 15.6 Å². The van der Waals surface area contributed by atoms with Crippen LogP contribution in [-0.2, 0) is 0 Å². The zero-order chi connectivity index (χ0) is 23.9. The van der Waals surface area contributed by atoms with E-state index in [1.165, 1.54) is 11.3 Å². The quantitative estimate of drug-likeness (QED) is 0.284. The van der Waals surface area contributed by atoms with Gasteiger partial charge in [0, 0.05) is 17.8 Å². The summed E-state index contributed by atoms with van der Waals surface area (Å²) in [7, 11) is 0. The number of thiazole rings is 1. The van der Waals surface area contributed by atoms with E-state index in [1.807, 2.05) is 54.6 Å². The van der Waals surface area contributed by atoms with Crippen LogP contribution in [0.25, 0.3) is 20.8 Å². The summed E-state index contributed by atoms with van der Waals surface area (Å²) in [5.41, 5.74) is 1.31. The second-order valence-electron chi connectivity index (χ2n) is 9.16. The molecular formula is C25H27N5O3S. The van der Waals surface area contributed by atoms with E-state index in [4.69, 9.17) is 9.97 Å². The number of nitrogens with one attached hydrogen (secondary N) is 2. The molecule has 8 nitrogen and oxygen atoms in total. The fraction of sp³-hybridized carbons (Fsp3) is 0.320. The molecule has 34 heavy (non-hydrogen) atoms. The summed E-state index contributed by atoms with van der Waals surface area (Å²) >= 11 is 1.54. The lowest BCUT2D eigenvalue weighted by atomic mass is 9.88. The van der Waals surface area contributed by atoms with E-state index in [9.17, 15) is 15.3 Å². The van der Waals surface area contributed by atoms with Crippen molar-refractivity contribution >= 4 is 39.0 Å². The van der Waals surface area contributed by atoms with Gasteiger partial charge in [-0.2, -0.15) is 4.98 Å². The first-order valence-corrected chi connectivity index (χ1v) is 12.0. The molecule has 0 bridgehead atoms. The lowest BCUT2D eigenvalue weighted by molar-refractivity contribution is -0.0601. The molecule has 0 saturated heterocycles. The smallest absolute Gasteiger partial charge is 0.229 e. The van der Waals surface area contributed by atoms with Gasteiger partial charge in [0.15, 0.2) is 0 Å². The minimum atomic E-state index is -1.13. The van der Waals surface area contributed by atoms with Crippen molar-refractivity contribution in [2.45, 2.75) is 44.1 Å². The molecule has 4 atom stereocenters. The van der Waals surface area contributed by atoms with Gasteiger partial charge in [-0.1, -0.05) is 30.3 Å². The predicted octanol–water partition coefficient (Wildman–Crippen LogP) is 3.79. The molecule has 0 spiro atoms. The Labute approximate surface area is 201 Å². The molecule has 9 heteroatoms. The Kier molecular flexibility index (Phi) is 5.95. The standard InChI is InChI=1S/C25H27N5O3S/c1-25(2,33)16-12-18(21(32)20(16)31)28-22-15(23-29-17-10-6-7-11-19(17)34-23)13-26-24(30-22)27-14-8-4-3-5-9-14/h3-11,13,16,18,20-21,31-33H,12H2,1-2H3,(H2,26,27,28,30)/t16-,18-,20-,21+/m1/s1. The molecule has 176 valence electrons. The number of aliphatic hydroxyl groups is 3. The van der Waals surface area contributed by atoms with E-state index >= 15 is 0 Å². The van der Waals surface area contributed by atoms with Gasteiger partial charge in [-0.05, 0) is 44.5 Å². The summed E-state index contributed by atoms with van der Waals surface area (Å²) in [5.74, 6) is 0.417. The minimum Gasteiger partial charge on any atom is -0.390 e. The largest absolute Gasteiger partial charge is 0.390 e. The Balaban J connectivity index is 1.51. The van der Waals surface area contributed by atoms with Gasteiger partial charge in [0.2, 0.25) is 5.95 Å². The number of hydrogen-bond donors (Lipinski definition) is 5. The average Bonchev–Trinajstić information content (AvgIpc) is 3.36. The molecule has 0 aliphatic heterocycles. The van der Waals surface area contributed by atoms with Crippen LogP contribution in [0.5, 0.6) is 0 Å². The van der Waals surface area contributed by atoms with Gasteiger partial charge in [0.1, 0.15) is 16.9 Å². The normalized spacial score (nSPS) is 22.7. The summed E-state index contributed by atoms with van der Waals surface area (Å²) in [6.07, 6.45) is -0.00703. The number of nitrogens with zero attached hydrogens (tertiary/aromatic N) is 3. The third kappa shape index (κ3) is 4.47. The van der Waals surface area contributed by atoms with E-state index in [0.717, 1.165) is 20.9 Å². The highest BCUT2D eigenvalue weighted by Gasteiger charge is 2.47. The summed E-state index contributed by atoms with van der Waals surface area (Å²) in [4.78, 5) is 13.9. The predicted molar refractivity (Wildman–Crippen MR) is 134 cm³/mol. The summed E-state index contributed by atoms with van der Waals surface area (Å²) in [5, 5.41) is 39.0. The number of para-hydroxylation sites is 2. The summed E-state index contributed by atoms with van der Waals surface area (Å²) in [6, 6.07) is 17.0. The van der Waals surface area contributed by atoms with Crippen LogP contribution in [0.15, 0.2) is 60.8 Å². The second-order valence-corrected chi connectivity index (χ2v) is 10.2. The van der Waals surface area contributed by atoms with E-state index in [-0.39, 0.29) is 0 Å². The third-order valence-electron chi connectivity index (χ3n) is 6.25. The monoisotopic (exact) mass is 477 g/mol. The summed E-state index contributed by atoms with van der Waals surface area (Å²) in [6.45, 7) is 3.30. The Bertz CT molecular complexity index is 1260. The number of aliphatic hydroxyl groups excluding tert-OH is 2. The molecule has 0 amide bonds. The van der Waals surface area contributed by atoms with Crippen LogP contribution >= 0.6 is 11.3 Å². The number of benzene rings is 2. The van der Waals surface area contributed by atoms with Crippen molar-refractivity contribution in [1.82, 2.24) is 15.0 Å². The van der Waals surface area contributed by atoms with Crippen molar-refractivity contribution in [2.24, 2.45) is 5.92 Å². The molecule has 2 aromatic heterocycles. The molecular weight excluding hydrogens is 450 g/mol. The average molecular weight is 478 g/mol. The highest BCUT2D eigenvalue weighted by molar-refractivity contribution is 7.21. The molecule has 2 aromatic carbocycles. The van der Waals surface area contributed by atoms with Crippen molar-refractivity contribution in [3.63, 3.8) is 0 Å². The Morgan fingerprint density at radius 1 is 0.971 bits per heavy atom. The maximum Gasteiger partial charge on any atom is 0.229 e. The lowest BCUT2D eigenvalue weighted by Gasteiger charge is -2.28. The molecule has 5 rings (SSSR count). The van der Waals surface area contributed by atoms with Crippen molar-refractivity contribution in [2.75, 3.05) is 10.6 Å². The molecule has 4 aromatic rings. The van der Waals surface area contributed by atoms with Gasteiger partial charge in [-0.25, -0.2) is 9.97 Å². The minimum absolute atomic E-state index is 0.385. The Morgan fingerprint density at radius 3 is 2.41 bits per heavy atom. The fourth-order valence-corrected chi connectivity index (χ4v) is 5.38. The fourth-order valence-electron chi connectivity index (χ4n) is 4.40. The number of hydrogen-bond acceptors (Lipinski definition) is 9. The zero-order valence-corrected chi connectivity index (χ0v) is 19.7. The molecule has 0 radical (unpaired) electrons. The van der Waals surface area contributed by atoms with Gasteiger partial charge < -0.3 is 26.0 Å². The van der Waals surface area contributed by atoms with Gasteiger partial charge in [0.05, 0.1) is 33.5 Å². The highest BCUT2D eigenvalue weighted by Crippen LogP contribution is 2.39. The van der Waals surface area contributed by atoms with E-state index < -0.39 is 29.8 Å². The highest BCUT2D eigenvalue weighted by atomic mass is 32.1. The van der Waals surface area contributed by atoms with Crippen LogP contribution in [0.4, 0.5) is 17.5 Å². The van der Waals surface area contributed by atoms with E-state index in [1.54, 1.807) is 20.0 Å². The van der Waals surface area contributed by atoms with Crippen LogP contribution in [0.2, 0.25) is 0 Å². The SMILES string of the molecule is CC(C)(O)[C@@H]1C[C@@H](Nc2nc(Nc3ccccc3)ncc2-c2nc3ccccc3s2)[C@H](O)[C@@H]1O. The van der Waals surface area contributed by atoms with Crippen molar-refractivity contribution in [1.29, 1.82) is 0 Å². The zero-order valence-electron chi connectivity index (χ0n) is 18.9. The Morgan fingerprint density at radius 2 is 1.71 bits per heavy atom. The molecule has 1 fully saturated rings. The van der Waals surface area contributed by atoms with Crippen LogP contribution in [-0.4, -0.2) is 54.1 Å². The number of aromatic nitrogens is 3. The molecule has 0 unspecified atom stereocenters. The van der Waals surface area contributed by atoms with Gasteiger partial charge in [-0.15, -0.1) is 11.3 Å². The third-order valence-corrected chi connectivity index (χ3v) is 7.32. The topological polar surface area (TPSA) is 123 Å².